The molecule has 0 aromatic heterocycles. The zero-order chi connectivity index (χ0) is 13.0. The van der Waals surface area contributed by atoms with Gasteiger partial charge >= 0.3 is 0 Å². The fourth-order valence-corrected chi connectivity index (χ4v) is 2.34. The maximum Gasteiger partial charge on any atom is 0.236 e. The van der Waals surface area contributed by atoms with Crippen molar-refractivity contribution in [1.82, 2.24) is 5.32 Å². The fraction of sp³-hybridized carbons (Fsp3) is 0.182. The van der Waals surface area contributed by atoms with Crippen molar-refractivity contribution >= 4 is 45.0 Å². The van der Waals surface area contributed by atoms with Crippen molar-refractivity contribution in [3.05, 3.63) is 28.2 Å². The van der Waals surface area contributed by atoms with E-state index in [1.54, 1.807) is 13.3 Å². The van der Waals surface area contributed by atoms with Gasteiger partial charge in [0.2, 0.25) is 5.91 Å². The van der Waals surface area contributed by atoms with Crippen molar-refractivity contribution in [3.8, 4) is 5.75 Å². The third-order valence-corrected chi connectivity index (χ3v) is 3.48. The van der Waals surface area contributed by atoms with Crippen LogP contribution in [-0.2, 0) is 4.79 Å². The molecule has 1 saturated heterocycles. The summed E-state index contributed by atoms with van der Waals surface area (Å²) in [7, 11) is 1.60. The minimum Gasteiger partial charge on any atom is -0.496 e. The number of hydrogen-bond donors (Lipinski definition) is 1. The van der Waals surface area contributed by atoms with Gasteiger partial charge in [0.1, 0.15) is 5.75 Å². The summed E-state index contributed by atoms with van der Waals surface area (Å²) in [6, 6.07) is 5.60. The van der Waals surface area contributed by atoms with Crippen LogP contribution in [0.15, 0.2) is 32.9 Å². The van der Waals surface area contributed by atoms with Gasteiger partial charge in [-0.3, -0.25) is 4.79 Å². The normalized spacial score (nSPS) is 17.4. The average Bonchev–Trinajstić information content (AvgIpc) is 2.75. The molecule has 0 atom stereocenters. The number of methoxy groups -OCH3 is 1. The fourth-order valence-electron chi connectivity index (χ4n) is 1.33. The smallest absolute Gasteiger partial charge is 0.236 e. The Morgan fingerprint density at radius 1 is 1.56 bits per heavy atom. The molecule has 1 heterocycles. The third kappa shape index (κ3) is 3.33. The average molecular weight is 328 g/mol. The second-order valence-electron chi connectivity index (χ2n) is 3.37. The van der Waals surface area contributed by atoms with Crippen molar-refractivity contribution in [2.24, 2.45) is 10.2 Å². The number of halogens is 1. The highest BCUT2D eigenvalue weighted by Gasteiger charge is 2.15. The van der Waals surface area contributed by atoms with Gasteiger partial charge in [0, 0.05) is 10.0 Å². The van der Waals surface area contributed by atoms with E-state index in [2.05, 4.69) is 31.4 Å². The second kappa shape index (κ2) is 6.01. The number of ether oxygens (including phenoxy) is 1. The minimum atomic E-state index is -0.0472. The van der Waals surface area contributed by atoms with Crippen LogP contribution in [0, 0.1) is 0 Å². The number of hydrogen-bond acceptors (Lipinski definition) is 5. The zero-order valence-electron chi connectivity index (χ0n) is 9.51. The molecule has 2 rings (SSSR count). The van der Waals surface area contributed by atoms with Gasteiger partial charge in [-0.25, -0.2) is 0 Å². The van der Waals surface area contributed by atoms with Gasteiger partial charge < -0.3 is 10.1 Å². The molecule has 18 heavy (non-hydrogen) atoms. The molecule has 5 nitrogen and oxygen atoms in total. The van der Waals surface area contributed by atoms with E-state index in [4.69, 9.17) is 4.74 Å². The number of carbonyl (C=O) groups excluding carboxylic acids is 1. The van der Waals surface area contributed by atoms with Crippen LogP contribution in [0.5, 0.6) is 5.75 Å². The molecule has 1 amide bonds. The van der Waals surface area contributed by atoms with Crippen LogP contribution in [0.25, 0.3) is 0 Å². The number of rotatable bonds is 3. The standard InChI is InChI=1S/C11H10BrN3O2S/c1-17-9-3-2-8(12)4-7(9)5-13-15-11-14-10(16)6-18-11/h2-5H,6H2,1H3,(H,14,15,16)/b13-5-. The molecule has 94 valence electrons. The van der Waals surface area contributed by atoms with Crippen molar-refractivity contribution < 1.29 is 9.53 Å². The van der Waals surface area contributed by atoms with Crippen molar-refractivity contribution in [1.29, 1.82) is 0 Å². The first-order valence-electron chi connectivity index (χ1n) is 5.06. The van der Waals surface area contributed by atoms with Crippen LogP contribution in [0.1, 0.15) is 5.56 Å². The monoisotopic (exact) mass is 327 g/mol. The summed E-state index contributed by atoms with van der Waals surface area (Å²) in [6.07, 6.45) is 1.58. The molecule has 1 aliphatic heterocycles. The van der Waals surface area contributed by atoms with E-state index in [9.17, 15) is 4.79 Å². The highest BCUT2D eigenvalue weighted by molar-refractivity contribution is 9.10. The Hall–Kier alpha value is -1.34. The molecule has 0 spiro atoms. The summed E-state index contributed by atoms with van der Waals surface area (Å²) in [5, 5.41) is 11.0. The molecule has 0 saturated carbocycles. The maximum absolute atomic E-state index is 10.9. The summed E-state index contributed by atoms with van der Waals surface area (Å²) in [5.41, 5.74) is 0.811. The predicted octanol–water partition coefficient (Wildman–Crippen LogP) is 2.01. The van der Waals surface area contributed by atoms with Crippen LogP contribution in [0.3, 0.4) is 0 Å². The summed E-state index contributed by atoms with van der Waals surface area (Å²) in [5.74, 6) is 1.06. The van der Waals surface area contributed by atoms with E-state index in [1.165, 1.54) is 11.8 Å². The predicted molar refractivity (Wildman–Crippen MR) is 76.3 cm³/mol. The lowest BCUT2D eigenvalue weighted by Gasteiger charge is -2.03. The second-order valence-corrected chi connectivity index (χ2v) is 5.25. The lowest BCUT2D eigenvalue weighted by molar-refractivity contribution is -0.116. The molecule has 1 aliphatic rings. The Morgan fingerprint density at radius 3 is 3.06 bits per heavy atom. The molecule has 0 unspecified atom stereocenters. The first-order chi connectivity index (χ1) is 8.69. The van der Waals surface area contributed by atoms with Crippen molar-refractivity contribution in [3.63, 3.8) is 0 Å². The Morgan fingerprint density at radius 2 is 2.39 bits per heavy atom. The summed E-state index contributed by atoms with van der Waals surface area (Å²) in [4.78, 5) is 10.9. The van der Waals surface area contributed by atoms with Crippen molar-refractivity contribution in [2.45, 2.75) is 0 Å². The summed E-state index contributed by atoms with van der Waals surface area (Å²) in [6.45, 7) is 0. The van der Waals surface area contributed by atoms with E-state index >= 15 is 0 Å². The number of nitrogens with one attached hydrogen (secondary N) is 1. The van der Waals surface area contributed by atoms with Crippen LogP contribution in [0.2, 0.25) is 0 Å². The van der Waals surface area contributed by atoms with Crippen LogP contribution in [-0.4, -0.2) is 30.2 Å². The van der Waals surface area contributed by atoms with Gasteiger partial charge in [0.05, 0.1) is 19.1 Å². The number of nitrogens with zero attached hydrogens (tertiary/aromatic N) is 2. The van der Waals surface area contributed by atoms with Gasteiger partial charge in [-0.1, -0.05) is 27.7 Å². The van der Waals surface area contributed by atoms with E-state index in [-0.39, 0.29) is 5.91 Å². The van der Waals surface area contributed by atoms with E-state index in [0.717, 1.165) is 10.0 Å². The lowest BCUT2D eigenvalue weighted by Crippen LogP contribution is -2.19. The molecule has 0 radical (unpaired) electrons. The molecule has 1 aromatic carbocycles. The highest BCUT2D eigenvalue weighted by atomic mass is 79.9. The molecular weight excluding hydrogens is 318 g/mol. The Bertz CT molecular complexity index is 531. The quantitative estimate of drug-likeness (QED) is 0.682. The SMILES string of the molecule is COc1ccc(Br)cc1/C=N\N=C1/NC(=O)CS1. The van der Waals surface area contributed by atoms with Gasteiger partial charge in [0.15, 0.2) is 5.17 Å². The summed E-state index contributed by atoms with van der Waals surface area (Å²) >= 11 is 4.71. The molecule has 0 aliphatic carbocycles. The van der Waals surface area contributed by atoms with Gasteiger partial charge in [0.25, 0.3) is 0 Å². The Labute approximate surface area is 117 Å². The summed E-state index contributed by atoms with van der Waals surface area (Å²) < 4.78 is 6.14. The highest BCUT2D eigenvalue weighted by Crippen LogP contribution is 2.21. The number of thioether (sulfide) groups is 1. The Balaban J connectivity index is 2.13. The van der Waals surface area contributed by atoms with Gasteiger partial charge in [-0.15, -0.1) is 5.10 Å². The lowest BCUT2D eigenvalue weighted by atomic mass is 10.2. The number of carbonyl (C=O) groups is 1. The maximum atomic E-state index is 10.9. The van der Waals surface area contributed by atoms with Gasteiger partial charge in [-0.05, 0) is 18.2 Å². The topological polar surface area (TPSA) is 63.1 Å². The number of benzene rings is 1. The molecular formula is C11H10BrN3O2S. The Kier molecular flexibility index (Phi) is 4.38. The van der Waals surface area contributed by atoms with Crippen molar-refractivity contribution in [2.75, 3.05) is 12.9 Å². The van der Waals surface area contributed by atoms with E-state index < -0.39 is 0 Å². The van der Waals surface area contributed by atoms with E-state index in [0.29, 0.717) is 16.7 Å². The molecule has 0 bridgehead atoms. The van der Waals surface area contributed by atoms with Gasteiger partial charge in [-0.2, -0.15) is 5.10 Å². The first kappa shape index (κ1) is 13.1. The minimum absolute atomic E-state index is 0.0472. The zero-order valence-corrected chi connectivity index (χ0v) is 11.9. The largest absolute Gasteiger partial charge is 0.496 e. The molecule has 1 aromatic rings. The number of amidine groups is 1. The van der Waals surface area contributed by atoms with Crippen LogP contribution >= 0.6 is 27.7 Å². The number of amides is 1. The van der Waals surface area contributed by atoms with Crippen LogP contribution in [0.4, 0.5) is 0 Å². The molecule has 1 N–H and O–H groups in total. The first-order valence-corrected chi connectivity index (χ1v) is 6.84. The third-order valence-electron chi connectivity index (χ3n) is 2.12. The van der Waals surface area contributed by atoms with E-state index in [1.807, 2.05) is 18.2 Å². The molecule has 1 fully saturated rings. The van der Waals surface area contributed by atoms with Crippen LogP contribution < -0.4 is 10.1 Å². The molecule has 7 heteroatoms.